The topological polar surface area (TPSA) is 81.3 Å². The van der Waals surface area contributed by atoms with Crippen molar-refractivity contribution in [2.24, 2.45) is 5.73 Å². The number of nitrogens with two attached hydrogens (primary N) is 1. The first-order chi connectivity index (χ1) is 15.4. The van der Waals surface area contributed by atoms with Gasteiger partial charge in [-0.1, -0.05) is 71.1 Å². The second-order valence-corrected chi connectivity index (χ2v) is 10.0. The Bertz CT molecular complexity index is 1200. The fourth-order valence-electron chi connectivity index (χ4n) is 2.87. The Morgan fingerprint density at radius 3 is 2.56 bits per heavy atom. The highest BCUT2D eigenvalue weighted by atomic mass is 35.5. The number of aliphatic hydroxyl groups excluding tert-OH is 1. The Hall–Kier alpha value is -2.42. The van der Waals surface area contributed by atoms with Crippen LogP contribution in [-0.2, 0) is 12.1 Å². The maximum atomic E-state index is 9.45. The summed E-state index contributed by atoms with van der Waals surface area (Å²) in [4.78, 5) is 2.06. The number of aliphatic hydroxyl groups is 1. The molecule has 3 aromatic carbocycles. The first kappa shape index (κ1) is 22.8. The first-order valence-electron chi connectivity index (χ1n) is 9.93. The van der Waals surface area contributed by atoms with Crippen molar-refractivity contribution in [1.29, 1.82) is 0 Å². The highest BCUT2D eigenvalue weighted by molar-refractivity contribution is 7.99. The lowest BCUT2D eigenvalue weighted by Crippen LogP contribution is -2.36. The van der Waals surface area contributed by atoms with Gasteiger partial charge in [-0.15, -0.1) is 10.2 Å². The van der Waals surface area contributed by atoms with Gasteiger partial charge in [-0.3, -0.25) is 0 Å². The molecule has 0 saturated carbocycles. The highest BCUT2D eigenvalue weighted by Gasteiger charge is 2.25. The Morgan fingerprint density at radius 2 is 1.81 bits per heavy atom. The molecule has 32 heavy (non-hydrogen) atoms. The van der Waals surface area contributed by atoms with Gasteiger partial charge in [-0.2, -0.15) is 0 Å². The summed E-state index contributed by atoms with van der Waals surface area (Å²) in [6.45, 7) is 2.03. The van der Waals surface area contributed by atoms with Crippen LogP contribution in [0, 0.1) is 0 Å². The van der Waals surface area contributed by atoms with E-state index in [0.29, 0.717) is 21.6 Å². The van der Waals surface area contributed by atoms with Gasteiger partial charge in [-0.25, -0.2) is 0 Å². The maximum absolute atomic E-state index is 9.45. The van der Waals surface area contributed by atoms with E-state index < -0.39 is 5.54 Å². The smallest absolute Gasteiger partial charge is 0.149 e. The average molecular weight is 484 g/mol. The van der Waals surface area contributed by atoms with Crippen molar-refractivity contribution in [2.75, 3.05) is 6.61 Å². The Labute approximate surface area is 200 Å². The molecule has 4 aromatic rings. The second-order valence-electron chi connectivity index (χ2n) is 7.48. The van der Waals surface area contributed by atoms with Gasteiger partial charge in [0.25, 0.3) is 0 Å². The third kappa shape index (κ3) is 5.49. The van der Waals surface area contributed by atoms with Crippen LogP contribution in [0.15, 0.2) is 82.6 Å². The Morgan fingerprint density at radius 1 is 1.03 bits per heavy atom. The van der Waals surface area contributed by atoms with Crippen LogP contribution in [0.2, 0.25) is 5.02 Å². The third-order valence-corrected chi connectivity index (χ3v) is 7.23. The van der Waals surface area contributed by atoms with E-state index in [1.807, 2.05) is 72.8 Å². The monoisotopic (exact) mass is 483 g/mol. The van der Waals surface area contributed by atoms with E-state index in [4.69, 9.17) is 22.1 Å². The number of hydrogen-bond acceptors (Lipinski definition) is 7. The predicted octanol–water partition coefficient (Wildman–Crippen LogP) is 5.75. The Kier molecular flexibility index (Phi) is 7.13. The zero-order valence-corrected chi connectivity index (χ0v) is 19.8. The molecule has 1 heterocycles. The van der Waals surface area contributed by atoms with Crippen LogP contribution in [0.4, 0.5) is 0 Å². The number of benzene rings is 3. The van der Waals surface area contributed by atoms with Gasteiger partial charge < -0.3 is 15.6 Å². The fourth-order valence-corrected chi connectivity index (χ4v) is 5.10. The minimum Gasteiger partial charge on any atom is -0.489 e. The molecule has 8 heteroatoms. The van der Waals surface area contributed by atoms with Crippen molar-refractivity contribution in [1.82, 2.24) is 10.2 Å². The normalized spacial score (nSPS) is 13.0. The number of nitrogens with zero attached hydrogens (tertiary/aromatic N) is 2. The molecule has 0 aliphatic carbocycles. The van der Waals surface area contributed by atoms with Gasteiger partial charge >= 0.3 is 0 Å². The van der Waals surface area contributed by atoms with Crippen molar-refractivity contribution in [3.8, 4) is 16.3 Å². The molecule has 0 fully saturated rings. The van der Waals surface area contributed by atoms with Gasteiger partial charge in [-0.05, 0) is 48.9 Å². The third-order valence-electron chi connectivity index (χ3n) is 4.70. The number of halogens is 1. The molecule has 1 atom stereocenters. The minimum atomic E-state index is -0.925. The predicted molar refractivity (Wildman–Crippen MR) is 130 cm³/mol. The molecule has 3 N–H and O–H groups in total. The molecule has 1 unspecified atom stereocenters. The van der Waals surface area contributed by atoms with Gasteiger partial charge in [0.05, 0.1) is 17.2 Å². The number of aromatic nitrogens is 2. The van der Waals surface area contributed by atoms with Crippen molar-refractivity contribution in [2.45, 2.75) is 28.9 Å². The molecule has 5 nitrogen and oxygen atoms in total. The molecule has 4 rings (SSSR count). The molecule has 0 spiro atoms. The summed E-state index contributed by atoms with van der Waals surface area (Å²) >= 11 is 9.49. The van der Waals surface area contributed by atoms with E-state index in [1.54, 1.807) is 18.7 Å². The average Bonchev–Trinajstić information content (AvgIpc) is 3.30. The summed E-state index contributed by atoms with van der Waals surface area (Å²) in [5, 5.41) is 19.6. The van der Waals surface area contributed by atoms with Crippen LogP contribution in [0.3, 0.4) is 0 Å². The molecular weight excluding hydrogens is 462 g/mol. The quantitative estimate of drug-likeness (QED) is 0.332. The summed E-state index contributed by atoms with van der Waals surface area (Å²) in [5.41, 5.74) is 7.04. The molecule has 0 aliphatic rings. The summed E-state index contributed by atoms with van der Waals surface area (Å²) in [6, 6.07) is 23.9. The first-order valence-corrected chi connectivity index (χ1v) is 11.9. The van der Waals surface area contributed by atoms with Crippen molar-refractivity contribution in [3.63, 3.8) is 0 Å². The van der Waals surface area contributed by atoms with Crippen molar-refractivity contribution in [3.05, 3.63) is 88.4 Å². The van der Waals surface area contributed by atoms with Crippen LogP contribution in [0.25, 0.3) is 10.6 Å². The highest BCUT2D eigenvalue weighted by Crippen LogP contribution is 2.37. The van der Waals surface area contributed by atoms with Crippen LogP contribution >= 0.6 is 34.7 Å². The lowest BCUT2D eigenvalue weighted by molar-refractivity contribution is 0.209. The standard InChI is InChI=1S/C24H22ClN3O2S2/c1-24(26,15-29)23-28-27-22(32-23)20-11-10-19(13-21(20)25)31-18-9-5-8-17(12-18)30-14-16-6-3-2-4-7-16/h2-13,29H,14-15,26H2,1H3. The van der Waals surface area contributed by atoms with E-state index >= 15 is 0 Å². The van der Waals surface area contributed by atoms with Gasteiger partial charge in [0.15, 0.2) is 0 Å². The molecule has 1 aromatic heterocycles. The summed E-state index contributed by atoms with van der Waals surface area (Å²) in [7, 11) is 0. The van der Waals surface area contributed by atoms with E-state index in [1.165, 1.54) is 11.3 Å². The number of hydrogen-bond donors (Lipinski definition) is 2. The molecule has 0 radical (unpaired) electrons. The van der Waals surface area contributed by atoms with Crippen LogP contribution in [0.5, 0.6) is 5.75 Å². The van der Waals surface area contributed by atoms with Crippen LogP contribution in [-0.4, -0.2) is 21.9 Å². The largest absolute Gasteiger partial charge is 0.489 e. The van der Waals surface area contributed by atoms with Gasteiger partial charge in [0.1, 0.15) is 22.4 Å². The van der Waals surface area contributed by atoms with Crippen molar-refractivity contribution < 1.29 is 9.84 Å². The van der Waals surface area contributed by atoms with E-state index in [-0.39, 0.29) is 6.61 Å². The maximum Gasteiger partial charge on any atom is 0.149 e. The summed E-state index contributed by atoms with van der Waals surface area (Å²) in [6.07, 6.45) is 0. The molecule has 0 amide bonds. The molecule has 0 bridgehead atoms. The lowest BCUT2D eigenvalue weighted by Gasteiger charge is -2.16. The van der Waals surface area contributed by atoms with Crippen LogP contribution < -0.4 is 10.5 Å². The lowest BCUT2D eigenvalue weighted by atomic mass is 10.1. The van der Waals surface area contributed by atoms with Gasteiger partial charge in [0, 0.05) is 15.4 Å². The van der Waals surface area contributed by atoms with Gasteiger partial charge in [0.2, 0.25) is 0 Å². The van der Waals surface area contributed by atoms with E-state index in [2.05, 4.69) is 10.2 Å². The second kappa shape index (κ2) is 10.0. The molecule has 0 saturated heterocycles. The van der Waals surface area contributed by atoms with E-state index in [0.717, 1.165) is 26.7 Å². The zero-order valence-electron chi connectivity index (χ0n) is 17.4. The SMILES string of the molecule is CC(N)(CO)c1nnc(-c2ccc(Sc3cccc(OCc4ccccc4)c3)cc2Cl)s1. The van der Waals surface area contributed by atoms with Crippen LogP contribution in [0.1, 0.15) is 17.5 Å². The number of rotatable bonds is 8. The fraction of sp³-hybridized carbons (Fsp3) is 0.167. The van der Waals surface area contributed by atoms with Crippen molar-refractivity contribution >= 4 is 34.7 Å². The summed E-state index contributed by atoms with van der Waals surface area (Å²) in [5.74, 6) is 0.816. The Balaban J connectivity index is 1.46. The van der Waals surface area contributed by atoms with E-state index in [9.17, 15) is 5.11 Å². The number of ether oxygens (including phenoxy) is 1. The minimum absolute atomic E-state index is 0.209. The molecular formula is C24H22ClN3O2S2. The molecule has 0 aliphatic heterocycles. The zero-order chi connectivity index (χ0) is 22.6. The summed E-state index contributed by atoms with van der Waals surface area (Å²) < 4.78 is 5.93. The molecule has 164 valence electrons.